The third-order valence-corrected chi connectivity index (χ3v) is 1.85. The second kappa shape index (κ2) is 3.89. The molecule has 1 atom stereocenters. The molecule has 0 fully saturated rings. The molecule has 0 aliphatic heterocycles. The van der Waals surface area contributed by atoms with Crippen LogP contribution in [0.1, 0.15) is 18.8 Å². The number of carbonyl (C=O) groups is 1. The fourth-order valence-electron chi connectivity index (χ4n) is 0.893. The van der Waals surface area contributed by atoms with E-state index in [4.69, 9.17) is 5.11 Å². The van der Waals surface area contributed by atoms with Crippen molar-refractivity contribution in [3.05, 3.63) is 5.82 Å². The van der Waals surface area contributed by atoms with Crippen LogP contribution >= 0.6 is 0 Å². The monoisotopic (exact) mass is 260 g/mol. The molecule has 11 heteroatoms. The summed E-state index contributed by atoms with van der Waals surface area (Å²) in [5, 5.41) is 16.5. The van der Waals surface area contributed by atoms with E-state index in [1.54, 1.807) is 0 Å². The molecule has 0 bridgehead atoms. The van der Waals surface area contributed by atoms with Crippen molar-refractivity contribution in [2.75, 3.05) is 0 Å². The molecule has 1 aromatic rings. The number of tetrazole rings is 1. The number of halogens is 5. The van der Waals surface area contributed by atoms with Gasteiger partial charge in [0.2, 0.25) is 5.82 Å². The Balaban J connectivity index is 3.26. The van der Waals surface area contributed by atoms with Gasteiger partial charge in [-0.2, -0.15) is 22.0 Å². The number of nitrogens with zero attached hydrogens (tertiary/aromatic N) is 4. The minimum atomic E-state index is -5.91. The van der Waals surface area contributed by atoms with Gasteiger partial charge in [-0.05, 0) is 17.4 Å². The van der Waals surface area contributed by atoms with Crippen LogP contribution in [0.3, 0.4) is 0 Å². The van der Waals surface area contributed by atoms with Gasteiger partial charge in [-0.3, -0.25) is 0 Å². The summed E-state index contributed by atoms with van der Waals surface area (Å²) < 4.78 is 61.8. The number of rotatable bonds is 3. The van der Waals surface area contributed by atoms with Crippen LogP contribution in [-0.4, -0.2) is 37.5 Å². The Labute approximate surface area is 90.0 Å². The molecule has 0 aliphatic rings. The number of carboxylic acids is 1. The van der Waals surface area contributed by atoms with E-state index in [0.717, 1.165) is 6.92 Å². The summed E-state index contributed by atoms with van der Waals surface area (Å²) in [4.78, 5) is 10.5. The SMILES string of the molecule is CC(C(=O)O)n1nnnc1C(F)(F)C(F)(F)F. The fourth-order valence-corrected chi connectivity index (χ4v) is 0.893. The van der Waals surface area contributed by atoms with Crippen molar-refractivity contribution in [2.24, 2.45) is 0 Å². The molecular formula is C6H5F5N4O2. The average molecular weight is 260 g/mol. The van der Waals surface area contributed by atoms with Crippen LogP contribution < -0.4 is 0 Å². The lowest BCUT2D eigenvalue weighted by Crippen LogP contribution is -2.38. The van der Waals surface area contributed by atoms with Crippen molar-refractivity contribution in [3.8, 4) is 0 Å². The predicted molar refractivity (Wildman–Crippen MR) is 40.1 cm³/mol. The van der Waals surface area contributed by atoms with Gasteiger partial charge >= 0.3 is 18.1 Å². The van der Waals surface area contributed by atoms with E-state index in [1.807, 2.05) is 0 Å². The van der Waals surface area contributed by atoms with Gasteiger partial charge in [0.15, 0.2) is 6.04 Å². The van der Waals surface area contributed by atoms with Crippen molar-refractivity contribution in [1.82, 2.24) is 20.2 Å². The highest BCUT2D eigenvalue weighted by molar-refractivity contribution is 5.71. The van der Waals surface area contributed by atoms with Gasteiger partial charge in [0.25, 0.3) is 0 Å². The summed E-state index contributed by atoms with van der Waals surface area (Å²) in [6.07, 6.45) is -5.91. The quantitative estimate of drug-likeness (QED) is 0.819. The molecular weight excluding hydrogens is 255 g/mol. The van der Waals surface area contributed by atoms with Crippen LogP contribution in [0.25, 0.3) is 0 Å². The van der Waals surface area contributed by atoms with Crippen molar-refractivity contribution >= 4 is 5.97 Å². The lowest BCUT2D eigenvalue weighted by Gasteiger charge is -2.19. The summed E-state index contributed by atoms with van der Waals surface area (Å²) >= 11 is 0. The molecule has 17 heavy (non-hydrogen) atoms. The number of hydrogen-bond donors (Lipinski definition) is 1. The molecule has 0 aromatic carbocycles. The second-order valence-corrected chi connectivity index (χ2v) is 3.03. The first kappa shape index (κ1) is 13.3. The molecule has 0 spiro atoms. The van der Waals surface area contributed by atoms with Crippen molar-refractivity contribution in [2.45, 2.75) is 25.1 Å². The van der Waals surface area contributed by atoms with E-state index >= 15 is 0 Å². The van der Waals surface area contributed by atoms with Crippen molar-refractivity contribution in [3.63, 3.8) is 0 Å². The molecule has 0 aliphatic carbocycles. The second-order valence-electron chi connectivity index (χ2n) is 3.03. The minimum Gasteiger partial charge on any atom is -0.480 e. The number of alkyl halides is 5. The van der Waals surface area contributed by atoms with Gasteiger partial charge < -0.3 is 5.11 Å². The third-order valence-electron chi connectivity index (χ3n) is 1.85. The van der Waals surface area contributed by atoms with Crippen LogP contribution in [0.5, 0.6) is 0 Å². The van der Waals surface area contributed by atoms with Crippen molar-refractivity contribution < 1.29 is 31.9 Å². The van der Waals surface area contributed by atoms with Gasteiger partial charge in [-0.1, -0.05) is 0 Å². The first-order valence-electron chi connectivity index (χ1n) is 4.04. The van der Waals surface area contributed by atoms with E-state index in [1.165, 1.54) is 0 Å². The lowest BCUT2D eigenvalue weighted by molar-refractivity contribution is -0.294. The van der Waals surface area contributed by atoms with Gasteiger partial charge in [0.05, 0.1) is 0 Å². The highest BCUT2D eigenvalue weighted by Gasteiger charge is 2.62. The number of hydrogen-bond acceptors (Lipinski definition) is 4. The van der Waals surface area contributed by atoms with Gasteiger partial charge in [-0.25, -0.2) is 9.48 Å². The predicted octanol–water partition coefficient (Wildman–Crippen LogP) is 0.973. The van der Waals surface area contributed by atoms with E-state index in [9.17, 15) is 26.7 Å². The van der Waals surface area contributed by atoms with E-state index in [-0.39, 0.29) is 4.68 Å². The Kier molecular flexibility index (Phi) is 3.03. The highest BCUT2D eigenvalue weighted by atomic mass is 19.4. The average Bonchev–Trinajstić information content (AvgIpc) is 2.63. The Morgan fingerprint density at radius 2 is 1.88 bits per heavy atom. The molecule has 0 amide bonds. The van der Waals surface area contributed by atoms with Gasteiger partial charge in [0, 0.05) is 0 Å². The molecule has 1 N–H and O–H groups in total. The summed E-state index contributed by atoms with van der Waals surface area (Å²) in [6, 6.07) is -1.74. The van der Waals surface area contributed by atoms with Crippen molar-refractivity contribution in [1.29, 1.82) is 0 Å². The molecule has 1 rings (SSSR count). The van der Waals surface area contributed by atoms with Gasteiger partial charge in [-0.15, -0.1) is 5.10 Å². The number of carboxylic acid groups (broad SMARTS) is 1. The molecule has 0 saturated heterocycles. The van der Waals surface area contributed by atoms with Gasteiger partial charge in [0.1, 0.15) is 0 Å². The van der Waals surface area contributed by atoms with Crippen LogP contribution in [0.2, 0.25) is 0 Å². The number of aromatic nitrogens is 4. The maximum Gasteiger partial charge on any atom is 0.461 e. The zero-order chi connectivity index (χ0) is 13.4. The first-order valence-corrected chi connectivity index (χ1v) is 4.04. The topological polar surface area (TPSA) is 80.9 Å². The molecule has 1 heterocycles. The Morgan fingerprint density at radius 3 is 2.29 bits per heavy atom. The van der Waals surface area contributed by atoms with Crippen LogP contribution in [0.15, 0.2) is 0 Å². The lowest BCUT2D eigenvalue weighted by atomic mass is 10.2. The standard InChI is InChI=1S/C6H5F5N4O2/c1-2(3(16)17)15-4(12-13-14-15)5(7,8)6(9,10)11/h2H,1H3,(H,16,17). The molecule has 0 saturated carbocycles. The van der Waals surface area contributed by atoms with E-state index in [2.05, 4.69) is 15.5 Å². The number of aliphatic carboxylic acids is 1. The zero-order valence-electron chi connectivity index (χ0n) is 8.11. The maximum absolute atomic E-state index is 12.9. The van der Waals surface area contributed by atoms with Crippen LogP contribution in [0, 0.1) is 0 Å². The smallest absolute Gasteiger partial charge is 0.461 e. The maximum atomic E-state index is 12.9. The first-order chi connectivity index (χ1) is 7.59. The Bertz CT molecular complexity index is 428. The normalized spacial score (nSPS) is 14.7. The third kappa shape index (κ3) is 2.17. The molecule has 96 valence electrons. The summed E-state index contributed by atoms with van der Waals surface area (Å²) in [5.41, 5.74) is 0. The molecule has 0 radical (unpaired) electrons. The fraction of sp³-hybridized carbons (Fsp3) is 0.667. The molecule has 1 unspecified atom stereocenters. The Hall–Kier alpha value is -1.81. The summed E-state index contributed by atoms with van der Waals surface area (Å²) in [5.74, 6) is -8.82. The Morgan fingerprint density at radius 1 is 1.35 bits per heavy atom. The molecule has 6 nitrogen and oxygen atoms in total. The summed E-state index contributed by atoms with van der Waals surface area (Å²) in [6.45, 7) is 0.870. The van der Waals surface area contributed by atoms with Crippen LogP contribution in [0.4, 0.5) is 22.0 Å². The largest absolute Gasteiger partial charge is 0.480 e. The zero-order valence-corrected chi connectivity index (χ0v) is 8.11. The summed E-state index contributed by atoms with van der Waals surface area (Å²) in [7, 11) is 0. The van der Waals surface area contributed by atoms with E-state index < -0.39 is 29.9 Å². The van der Waals surface area contributed by atoms with E-state index in [0.29, 0.717) is 0 Å². The molecule has 1 aromatic heterocycles. The highest BCUT2D eigenvalue weighted by Crippen LogP contribution is 2.43. The van der Waals surface area contributed by atoms with Crippen LogP contribution in [-0.2, 0) is 10.7 Å². The minimum absolute atomic E-state index is 0.0875.